The van der Waals surface area contributed by atoms with Crippen LogP contribution in [0.25, 0.3) is 11.0 Å². The minimum Gasteiger partial charge on any atom is -0.322 e. The lowest BCUT2D eigenvalue weighted by Crippen LogP contribution is -2.29. The van der Waals surface area contributed by atoms with Gasteiger partial charge >= 0.3 is 0 Å². The number of aryl methyl sites for hydroxylation is 1. The Labute approximate surface area is 119 Å². The minimum absolute atomic E-state index is 0.365. The number of aromatic nitrogens is 3. The van der Waals surface area contributed by atoms with E-state index in [1.165, 1.54) is 11.3 Å². The van der Waals surface area contributed by atoms with Gasteiger partial charge in [0, 0.05) is 5.38 Å². The molecule has 0 radical (unpaired) electrons. The van der Waals surface area contributed by atoms with Crippen molar-refractivity contribution in [2.45, 2.75) is 13.5 Å². The number of imidazole rings is 1. The molecule has 3 N–H and O–H groups in total. The Kier molecular flexibility index (Phi) is 3.21. The summed E-state index contributed by atoms with van der Waals surface area (Å²) in [5.74, 6) is 5.65. The molecule has 0 spiro atoms. The normalized spacial score (nSPS) is 10.9. The maximum Gasteiger partial charge on any atom is 0.294 e. The fraction of sp³-hybridized carbons (Fsp3) is 0.154. The second-order valence-corrected chi connectivity index (χ2v) is 5.21. The van der Waals surface area contributed by atoms with Crippen molar-refractivity contribution in [1.29, 1.82) is 0 Å². The molecule has 6 nitrogen and oxygen atoms in total. The number of nitrogens with two attached hydrogens (primary N) is 1. The summed E-state index contributed by atoms with van der Waals surface area (Å²) in [7, 11) is 0. The van der Waals surface area contributed by atoms with E-state index in [-0.39, 0.29) is 5.91 Å². The number of nitrogens with zero attached hydrogens (tertiary/aromatic N) is 3. The quantitative estimate of drug-likeness (QED) is 0.434. The Hall–Kier alpha value is -2.25. The first-order valence-electron chi connectivity index (χ1n) is 6.06. The number of nitrogen functional groups attached to an aromatic ring is 1. The molecule has 0 fully saturated rings. The average molecular weight is 287 g/mol. The summed E-state index contributed by atoms with van der Waals surface area (Å²) in [6, 6.07) is 7.95. The van der Waals surface area contributed by atoms with Crippen LogP contribution in [-0.4, -0.2) is 20.4 Å². The number of carbonyl (C=O) groups excluding carboxylic acids is 1. The average Bonchev–Trinajstić information content (AvgIpc) is 3.04. The molecule has 0 aliphatic carbocycles. The zero-order valence-electron chi connectivity index (χ0n) is 10.8. The Morgan fingerprint density at radius 2 is 2.20 bits per heavy atom. The van der Waals surface area contributed by atoms with Gasteiger partial charge in [0.15, 0.2) is 5.01 Å². The van der Waals surface area contributed by atoms with Crippen molar-refractivity contribution >= 4 is 28.3 Å². The summed E-state index contributed by atoms with van der Waals surface area (Å²) < 4.78 is 2.08. The largest absolute Gasteiger partial charge is 0.322 e. The first-order chi connectivity index (χ1) is 9.69. The van der Waals surface area contributed by atoms with E-state index in [0.717, 1.165) is 22.6 Å². The van der Waals surface area contributed by atoms with Gasteiger partial charge in [-0.25, -0.2) is 15.8 Å². The zero-order valence-corrected chi connectivity index (χ0v) is 11.6. The van der Waals surface area contributed by atoms with Crippen molar-refractivity contribution in [3.63, 3.8) is 0 Å². The molecule has 0 saturated heterocycles. The molecule has 2 aromatic heterocycles. The van der Waals surface area contributed by atoms with Crippen molar-refractivity contribution in [2.24, 2.45) is 5.84 Å². The number of rotatable bonds is 3. The van der Waals surface area contributed by atoms with E-state index in [2.05, 4.69) is 20.0 Å². The third-order valence-electron chi connectivity index (χ3n) is 3.04. The van der Waals surface area contributed by atoms with Crippen LogP contribution in [0, 0.1) is 6.92 Å². The monoisotopic (exact) mass is 287 g/mol. The maximum absolute atomic E-state index is 11.4. The molecular weight excluding hydrogens is 274 g/mol. The molecule has 102 valence electrons. The summed E-state index contributed by atoms with van der Waals surface area (Å²) in [6.07, 6.45) is 0. The molecule has 0 aliphatic heterocycles. The zero-order chi connectivity index (χ0) is 14.1. The van der Waals surface area contributed by atoms with Crippen molar-refractivity contribution in [1.82, 2.24) is 20.0 Å². The van der Waals surface area contributed by atoms with Crippen LogP contribution in [-0.2, 0) is 6.54 Å². The van der Waals surface area contributed by atoms with Crippen molar-refractivity contribution in [3.05, 3.63) is 46.2 Å². The Morgan fingerprint density at radius 3 is 3.00 bits per heavy atom. The fourth-order valence-electron chi connectivity index (χ4n) is 2.10. The number of hydrogen-bond donors (Lipinski definition) is 2. The third kappa shape index (κ3) is 2.17. The van der Waals surface area contributed by atoms with E-state index in [4.69, 9.17) is 5.84 Å². The molecule has 3 aromatic rings. The summed E-state index contributed by atoms with van der Waals surface area (Å²) in [6.45, 7) is 2.54. The predicted molar refractivity (Wildman–Crippen MR) is 77.3 cm³/mol. The number of thiazole rings is 1. The van der Waals surface area contributed by atoms with Gasteiger partial charge in [0.05, 0.1) is 23.3 Å². The van der Waals surface area contributed by atoms with Crippen LogP contribution in [0.3, 0.4) is 0 Å². The molecule has 1 amide bonds. The lowest BCUT2D eigenvalue weighted by molar-refractivity contribution is 0.0953. The molecule has 7 heteroatoms. The molecular formula is C13H13N5OS. The lowest BCUT2D eigenvalue weighted by Gasteiger charge is -2.04. The Balaban J connectivity index is 1.95. The molecule has 1 aromatic carbocycles. The van der Waals surface area contributed by atoms with Crippen LogP contribution in [0.15, 0.2) is 29.6 Å². The van der Waals surface area contributed by atoms with Gasteiger partial charge in [-0.15, -0.1) is 11.3 Å². The van der Waals surface area contributed by atoms with Gasteiger partial charge in [-0.3, -0.25) is 10.2 Å². The summed E-state index contributed by atoms with van der Waals surface area (Å²) in [4.78, 5) is 20.2. The van der Waals surface area contributed by atoms with Gasteiger partial charge < -0.3 is 4.57 Å². The highest BCUT2D eigenvalue weighted by atomic mass is 32.1. The molecule has 2 heterocycles. The lowest BCUT2D eigenvalue weighted by atomic mass is 10.3. The summed E-state index contributed by atoms with van der Waals surface area (Å²) >= 11 is 1.28. The SMILES string of the molecule is Cc1nc2ccccc2n1Cc1csc(C(=O)NN)n1. The van der Waals surface area contributed by atoms with Gasteiger partial charge in [0.2, 0.25) is 0 Å². The van der Waals surface area contributed by atoms with Crippen LogP contribution >= 0.6 is 11.3 Å². The predicted octanol–water partition coefficient (Wildman–Crippen LogP) is 1.45. The van der Waals surface area contributed by atoms with Crippen LogP contribution < -0.4 is 11.3 Å². The molecule has 20 heavy (non-hydrogen) atoms. The van der Waals surface area contributed by atoms with E-state index in [9.17, 15) is 4.79 Å². The number of fused-ring (bicyclic) bond motifs is 1. The van der Waals surface area contributed by atoms with Crippen molar-refractivity contribution in [3.8, 4) is 0 Å². The van der Waals surface area contributed by atoms with Gasteiger partial charge in [-0.2, -0.15) is 0 Å². The van der Waals surface area contributed by atoms with E-state index < -0.39 is 0 Å². The highest BCUT2D eigenvalue weighted by Crippen LogP contribution is 2.18. The van der Waals surface area contributed by atoms with Gasteiger partial charge in [0.25, 0.3) is 5.91 Å². The number of benzene rings is 1. The smallest absolute Gasteiger partial charge is 0.294 e. The second-order valence-electron chi connectivity index (χ2n) is 4.35. The topological polar surface area (TPSA) is 85.8 Å². The highest BCUT2D eigenvalue weighted by Gasteiger charge is 2.12. The first kappa shape index (κ1) is 12.8. The fourth-order valence-corrected chi connectivity index (χ4v) is 2.81. The first-order valence-corrected chi connectivity index (χ1v) is 6.94. The summed E-state index contributed by atoms with van der Waals surface area (Å²) in [5, 5.41) is 2.23. The number of nitrogens with one attached hydrogen (secondary N) is 1. The standard InChI is InChI=1S/C13H13N5OS/c1-8-15-10-4-2-3-5-11(10)18(8)6-9-7-20-13(16-9)12(19)17-14/h2-5,7H,6,14H2,1H3,(H,17,19). The number of carbonyl (C=O) groups is 1. The molecule has 0 aliphatic rings. The van der Waals surface area contributed by atoms with Gasteiger partial charge in [-0.1, -0.05) is 12.1 Å². The number of amides is 1. The van der Waals surface area contributed by atoms with Crippen LogP contribution in [0.5, 0.6) is 0 Å². The molecule has 0 atom stereocenters. The second kappa shape index (κ2) is 5.03. The van der Waals surface area contributed by atoms with Crippen LogP contribution in [0.2, 0.25) is 0 Å². The highest BCUT2D eigenvalue weighted by molar-refractivity contribution is 7.11. The van der Waals surface area contributed by atoms with E-state index in [1.807, 2.05) is 36.6 Å². The minimum atomic E-state index is -0.367. The van der Waals surface area contributed by atoms with Crippen molar-refractivity contribution < 1.29 is 4.79 Å². The van der Waals surface area contributed by atoms with E-state index >= 15 is 0 Å². The van der Waals surface area contributed by atoms with Gasteiger partial charge in [0.1, 0.15) is 5.82 Å². The third-order valence-corrected chi connectivity index (χ3v) is 3.93. The molecule has 0 unspecified atom stereocenters. The van der Waals surface area contributed by atoms with Crippen LogP contribution in [0.4, 0.5) is 0 Å². The number of hydrogen-bond acceptors (Lipinski definition) is 5. The number of hydrazine groups is 1. The van der Waals surface area contributed by atoms with Crippen LogP contribution in [0.1, 0.15) is 21.3 Å². The molecule has 3 rings (SSSR count). The van der Waals surface area contributed by atoms with Gasteiger partial charge in [-0.05, 0) is 19.1 Å². The van der Waals surface area contributed by atoms with Crippen molar-refractivity contribution in [2.75, 3.05) is 0 Å². The van der Waals surface area contributed by atoms with E-state index in [0.29, 0.717) is 11.6 Å². The maximum atomic E-state index is 11.4. The number of para-hydroxylation sites is 2. The molecule has 0 bridgehead atoms. The van der Waals surface area contributed by atoms with E-state index in [1.54, 1.807) is 0 Å². The summed E-state index contributed by atoms with van der Waals surface area (Å²) in [5.41, 5.74) is 4.92. The Bertz CT molecular complexity index is 776. The Morgan fingerprint density at radius 1 is 1.40 bits per heavy atom. The molecule has 0 saturated carbocycles.